The van der Waals surface area contributed by atoms with E-state index in [1.165, 1.54) is 0 Å². The number of rotatable bonds is 7. The van der Waals surface area contributed by atoms with Gasteiger partial charge in [-0.3, -0.25) is 4.79 Å². The largest absolute Gasteiger partial charge is 0.490 e. The van der Waals surface area contributed by atoms with Crippen LogP contribution in [0.5, 0.6) is 11.5 Å². The average Bonchev–Trinajstić information content (AvgIpc) is 2.94. The third-order valence-electron chi connectivity index (χ3n) is 5.09. The molecule has 0 saturated carbocycles. The molecule has 2 aromatic rings. The van der Waals surface area contributed by atoms with Crippen molar-refractivity contribution in [3.05, 3.63) is 59.2 Å². The Kier molecular flexibility index (Phi) is 7.69. The molecular weight excluding hydrogens is 440 g/mol. The van der Waals surface area contributed by atoms with Gasteiger partial charge in [-0.15, -0.1) is 0 Å². The van der Waals surface area contributed by atoms with E-state index in [9.17, 15) is 13.2 Å². The first-order valence-electron chi connectivity index (χ1n) is 11.2. The van der Waals surface area contributed by atoms with Crippen LogP contribution >= 0.6 is 0 Å². The maximum Gasteiger partial charge on any atom is 0.251 e. The fourth-order valence-corrected chi connectivity index (χ4v) is 5.38. The molecule has 180 valence electrons. The van der Waals surface area contributed by atoms with Crippen LogP contribution in [-0.2, 0) is 15.8 Å². The molecule has 1 amide bonds. The van der Waals surface area contributed by atoms with Crippen molar-refractivity contribution in [1.82, 2.24) is 10.0 Å². The Morgan fingerprint density at radius 1 is 1.03 bits per heavy atom. The molecule has 0 aliphatic carbocycles. The third-order valence-corrected chi connectivity index (χ3v) is 6.73. The summed E-state index contributed by atoms with van der Waals surface area (Å²) in [5, 5.41) is 3.10. The van der Waals surface area contributed by atoms with Gasteiger partial charge in [0.2, 0.25) is 10.0 Å². The van der Waals surface area contributed by atoms with Crippen LogP contribution in [0.15, 0.2) is 42.5 Å². The first-order valence-corrected chi connectivity index (χ1v) is 12.9. The van der Waals surface area contributed by atoms with Crippen molar-refractivity contribution in [3.63, 3.8) is 0 Å². The van der Waals surface area contributed by atoms with Crippen molar-refractivity contribution in [2.24, 2.45) is 5.92 Å². The number of nitrogens with one attached hydrogen (secondary N) is 2. The maximum atomic E-state index is 13.1. The number of hydrogen-bond donors (Lipinski definition) is 2. The molecule has 0 saturated heterocycles. The van der Waals surface area contributed by atoms with Crippen LogP contribution in [0.3, 0.4) is 0 Å². The first-order chi connectivity index (χ1) is 15.4. The summed E-state index contributed by atoms with van der Waals surface area (Å²) in [4.78, 5) is 13.1. The summed E-state index contributed by atoms with van der Waals surface area (Å²) in [6.07, 6.45) is 0.825. The Labute approximate surface area is 196 Å². The molecule has 1 atom stereocenters. The van der Waals surface area contributed by atoms with E-state index in [4.69, 9.17) is 9.47 Å². The lowest BCUT2D eigenvalue weighted by atomic mass is 9.95. The van der Waals surface area contributed by atoms with E-state index >= 15 is 0 Å². The van der Waals surface area contributed by atoms with E-state index in [2.05, 4.69) is 10.0 Å². The van der Waals surface area contributed by atoms with E-state index < -0.39 is 15.6 Å². The number of ether oxygens (including phenoxy) is 2. The highest BCUT2D eigenvalue weighted by Gasteiger charge is 2.23. The molecule has 1 aliphatic rings. The van der Waals surface area contributed by atoms with Crippen molar-refractivity contribution in [2.45, 2.75) is 58.4 Å². The molecule has 7 nitrogen and oxygen atoms in total. The molecule has 0 spiro atoms. The van der Waals surface area contributed by atoms with Gasteiger partial charge in [-0.1, -0.05) is 32.0 Å². The SMILES string of the molecule is CC(C)[C@@H](NC(=O)c1cccc(CS(=O)(=O)NC(C)(C)C)c1)c1ccc2c(c1)OCCCO2. The highest BCUT2D eigenvalue weighted by molar-refractivity contribution is 7.88. The number of hydrogen-bond acceptors (Lipinski definition) is 5. The highest BCUT2D eigenvalue weighted by Crippen LogP contribution is 2.34. The molecule has 0 bridgehead atoms. The maximum absolute atomic E-state index is 13.1. The quantitative estimate of drug-likeness (QED) is 0.628. The van der Waals surface area contributed by atoms with Crippen LogP contribution in [0.1, 0.15) is 68.6 Å². The second-order valence-electron chi connectivity index (χ2n) is 9.76. The third kappa shape index (κ3) is 7.20. The highest BCUT2D eigenvalue weighted by atomic mass is 32.2. The Balaban J connectivity index is 1.78. The average molecular weight is 475 g/mol. The van der Waals surface area contributed by atoms with Gasteiger partial charge in [-0.25, -0.2) is 13.1 Å². The fourth-order valence-electron chi connectivity index (χ4n) is 3.76. The molecule has 8 heteroatoms. The van der Waals surface area contributed by atoms with Gasteiger partial charge in [0.15, 0.2) is 11.5 Å². The van der Waals surface area contributed by atoms with Crippen LogP contribution < -0.4 is 19.5 Å². The van der Waals surface area contributed by atoms with Gasteiger partial charge in [0.05, 0.1) is 25.0 Å². The van der Waals surface area contributed by atoms with Gasteiger partial charge in [0.1, 0.15) is 0 Å². The molecule has 2 aromatic carbocycles. The summed E-state index contributed by atoms with van der Waals surface area (Å²) >= 11 is 0. The number of amides is 1. The summed E-state index contributed by atoms with van der Waals surface area (Å²) in [6.45, 7) is 10.7. The van der Waals surface area contributed by atoms with Crippen molar-refractivity contribution in [2.75, 3.05) is 13.2 Å². The fraction of sp³-hybridized carbons (Fsp3) is 0.480. The molecular formula is C25H34N2O5S. The number of carbonyl (C=O) groups excluding carboxylic acids is 1. The van der Waals surface area contributed by atoms with Crippen LogP contribution in [-0.4, -0.2) is 33.1 Å². The molecule has 0 unspecified atom stereocenters. The Hall–Kier alpha value is -2.58. The molecule has 1 heterocycles. The second kappa shape index (κ2) is 10.1. The number of benzene rings is 2. The summed E-state index contributed by atoms with van der Waals surface area (Å²) in [7, 11) is -3.53. The topological polar surface area (TPSA) is 93.7 Å². The van der Waals surface area contributed by atoms with Crippen LogP contribution in [0, 0.1) is 5.92 Å². The van der Waals surface area contributed by atoms with E-state index in [-0.39, 0.29) is 23.6 Å². The van der Waals surface area contributed by atoms with Gasteiger partial charge < -0.3 is 14.8 Å². The number of fused-ring (bicyclic) bond motifs is 1. The molecule has 3 rings (SSSR count). The minimum absolute atomic E-state index is 0.123. The predicted molar refractivity (Wildman–Crippen MR) is 129 cm³/mol. The summed E-state index contributed by atoms with van der Waals surface area (Å²) in [5.41, 5.74) is 1.33. The van der Waals surface area contributed by atoms with Gasteiger partial charge in [-0.05, 0) is 62.1 Å². The molecule has 33 heavy (non-hydrogen) atoms. The normalized spacial score (nSPS) is 15.1. The molecule has 0 aromatic heterocycles. The molecule has 2 N–H and O–H groups in total. The van der Waals surface area contributed by atoms with Crippen molar-refractivity contribution in [1.29, 1.82) is 0 Å². The number of carbonyl (C=O) groups is 1. The first kappa shape index (κ1) is 25.1. The van der Waals surface area contributed by atoms with Crippen molar-refractivity contribution in [3.8, 4) is 11.5 Å². The van der Waals surface area contributed by atoms with Crippen LogP contribution in [0.25, 0.3) is 0 Å². The lowest BCUT2D eigenvalue weighted by molar-refractivity contribution is 0.0925. The van der Waals surface area contributed by atoms with Crippen molar-refractivity contribution >= 4 is 15.9 Å². The smallest absolute Gasteiger partial charge is 0.251 e. The summed E-state index contributed by atoms with van der Waals surface area (Å²) < 4.78 is 39.1. The summed E-state index contributed by atoms with van der Waals surface area (Å²) in [6, 6.07) is 12.2. The molecule has 0 fully saturated rings. The zero-order valence-corrected chi connectivity index (χ0v) is 20.8. The Morgan fingerprint density at radius 2 is 1.73 bits per heavy atom. The lowest BCUT2D eigenvalue weighted by Crippen LogP contribution is -2.41. The molecule has 1 aliphatic heterocycles. The van der Waals surface area contributed by atoms with Gasteiger partial charge >= 0.3 is 0 Å². The van der Waals surface area contributed by atoms with E-state index in [0.29, 0.717) is 35.8 Å². The Morgan fingerprint density at radius 3 is 2.39 bits per heavy atom. The molecule has 0 radical (unpaired) electrons. The predicted octanol–water partition coefficient (Wildman–Crippen LogP) is 4.19. The van der Waals surface area contributed by atoms with E-state index in [1.54, 1.807) is 45.0 Å². The van der Waals surface area contributed by atoms with Gasteiger partial charge in [0.25, 0.3) is 5.91 Å². The van der Waals surface area contributed by atoms with E-state index in [0.717, 1.165) is 12.0 Å². The summed E-state index contributed by atoms with van der Waals surface area (Å²) in [5.74, 6) is 1.06. The minimum atomic E-state index is -3.53. The zero-order chi connectivity index (χ0) is 24.2. The number of sulfonamides is 1. The van der Waals surface area contributed by atoms with Gasteiger partial charge in [-0.2, -0.15) is 0 Å². The lowest BCUT2D eigenvalue weighted by Gasteiger charge is -2.24. The second-order valence-corrected chi connectivity index (χ2v) is 11.5. The van der Waals surface area contributed by atoms with Crippen LogP contribution in [0.4, 0.5) is 0 Å². The van der Waals surface area contributed by atoms with Crippen molar-refractivity contribution < 1.29 is 22.7 Å². The minimum Gasteiger partial charge on any atom is -0.490 e. The zero-order valence-electron chi connectivity index (χ0n) is 20.0. The van der Waals surface area contributed by atoms with E-state index in [1.807, 2.05) is 32.0 Å². The van der Waals surface area contributed by atoms with Gasteiger partial charge in [0, 0.05) is 17.5 Å². The van der Waals surface area contributed by atoms with Crippen LogP contribution in [0.2, 0.25) is 0 Å². The standard InChI is InChI=1S/C25H34N2O5S/c1-17(2)23(19-10-11-21-22(15-19)32-13-7-12-31-21)26-24(28)20-9-6-8-18(14-20)16-33(29,30)27-25(3,4)5/h6,8-11,14-15,17,23,27H,7,12-13,16H2,1-5H3,(H,26,28)/t23-/m1/s1. The Bertz CT molecular complexity index is 1090. The monoisotopic (exact) mass is 474 g/mol.